The van der Waals surface area contributed by atoms with Crippen molar-refractivity contribution < 1.29 is 4.74 Å². The Bertz CT molecular complexity index is 680. The van der Waals surface area contributed by atoms with Crippen LogP contribution in [0.1, 0.15) is 0 Å². The molecule has 0 aliphatic rings. The quantitative estimate of drug-likeness (QED) is 0.691. The van der Waals surface area contributed by atoms with Gasteiger partial charge in [0, 0.05) is 17.1 Å². The van der Waals surface area contributed by atoms with E-state index in [1.54, 1.807) is 0 Å². The average molecular weight is 236 g/mol. The first kappa shape index (κ1) is 10.6. The molecule has 0 radical (unpaired) electrons. The summed E-state index contributed by atoms with van der Waals surface area (Å²) >= 11 is 0. The Balaban J connectivity index is 1.96. The van der Waals surface area contributed by atoms with Crippen molar-refractivity contribution in [1.82, 2.24) is 4.98 Å². The molecule has 3 heteroatoms. The molecular weight excluding hydrogens is 224 g/mol. The summed E-state index contributed by atoms with van der Waals surface area (Å²) < 4.78 is 5.67. The van der Waals surface area contributed by atoms with E-state index in [1.807, 2.05) is 60.7 Å². The van der Waals surface area contributed by atoms with Crippen LogP contribution in [0, 0.1) is 0 Å². The van der Waals surface area contributed by atoms with E-state index in [4.69, 9.17) is 10.5 Å². The highest BCUT2D eigenvalue weighted by atomic mass is 16.5. The zero-order chi connectivity index (χ0) is 12.4. The van der Waals surface area contributed by atoms with Gasteiger partial charge in [0.05, 0.1) is 5.52 Å². The molecule has 0 fully saturated rings. The number of aromatic nitrogens is 1. The fourth-order valence-corrected chi connectivity index (χ4v) is 1.79. The van der Waals surface area contributed by atoms with Crippen molar-refractivity contribution in [3.05, 3.63) is 60.7 Å². The van der Waals surface area contributed by atoms with Gasteiger partial charge in [-0.1, -0.05) is 18.2 Å². The van der Waals surface area contributed by atoms with E-state index in [9.17, 15) is 0 Å². The van der Waals surface area contributed by atoms with Crippen LogP contribution < -0.4 is 10.5 Å². The number of benzene rings is 2. The van der Waals surface area contributed by atoms with Gasteiger partial charge in [-0.15, -0.1) is 0 Å². The van der Waals surface area contributed by atoms with Gasteiger partial charge in [-0.3, -0.25) is 0 Å². The highest BCUT2D eigenvalue weighted by Gasteiger charge is 2.01. The van der Waals surface area contributed by atoms with E-state index in [0.29, 0.717) is 5.88 Å². The number of rotatable bonds is 2. The van der Waals surface area contributed by atoms with Gasteiger partial charge in [0.1, 0.15) is 5.75 Å². The molecule has 0 atom stereocenters. The van der Waals surface area contributed by atoms with Crippen molar-refractivity contribution in [3.8, 4) is 11.6 Å². The normalized spacial score (nSPS) is 10.4. The molecular formula is C15H12N2O. The topological polar surface area (TPSA) is 48.1 Å². The summed E-state index contributed by atoms with van der Waals surface area (Å²) in [4.78, 5) is 4.43. The molecule has 3 nitrogen and oxygen atoms in total. The minimum Gasteiger partial charge on any atom is -0.439 e. The highest BCUT2D eigenvalue weighted by molar-refractivity contribution is 5.82. The summed E-state index contributed by atoms with van der Waals surface area (Å²) in [6, 6.07) is 19.0. The Kier molecular flexibility index (Phi) is 2.57. The van der Waals surface area contributed by atoms with E-state index < -0.39 is 0 Å². The number of pyridine rings is 1. The molecule has 0 spiro atoms. The molecule has 0 bridgehead atoms. The molecule has 0 aliphatic heterocycles. The molecule has 2 N–H and O–H groups in total. The van der Waals surface area contributed by atoms with Crippen LogP contribution in [0.5, 0.6) is 11.6 Å². The van der Waals surface area contributed by atoms with Crippen LogP contribution in [0.15, 0.2) is 60.7 Å². The third-order valence-corrected chi connectivity index (χ3v) is 2.65. The van der Waals surface area contributed by atoms with E-state index in [1.165, 1.54) is 0 Å². The molecule has 1 aromatic heterocycles. The van der Waals surface area contributed by atoms with Crippen molar-refractivity contribution in [2.45, 2.75) is 0 Å². The van der Waals surface area contributed by atoms with E-state index in [-0.39, 0.29) is 0 Å². The van der Waals surface area contributed by atoms with Crippen LogP contribution in [0.25, 0.3) is 10.9 Å². The number of hydrogen-bond donors (Lipinski definition) is 1. The van der Waals surface area contributed by atoms with Gasteiger partial charge in [0.2, 0.25) is 5.88 Å². The first-order valence-corrected chi connectivity index (χ1v) is 5.70. The molecule has 18 heavy (non-hydrogen) atoms. The monoisotopic (exact) mass is 236 g/mol. The second-order valence-electron chi connectivity index (χ2n) is 4.02. The molecule has 0 amide bonds. The van der Waals surface area contributed by atoms with Crippen LogP contribution in [0.4, 0.5) is 5.69 Å². The van der Waals surface area contributed by atoms with Crippen molar-refractivity contribution in [1.29, 1.82) is 0 Å². The minimum absolute atomic E-state index is 0.582. The molecule has 88 valence electrons. The Hall–Kier alpha value is -2.55. The van der Waals surface area contributed by atoms with Crippen LogP contribution in [0.3, 0.4) is 0 Å². The molecule has 0 saturated heterocycles. The summed E-state index contributed by atoms with van der Waals surface area (Å²) in [5.41, 5.74) is 7.34. The lowest BCUT2D eigenvalue weighted by Gasteiger charge is -2.05. The molecule has 0 unspecified atom stereocenters. The Morgan fingerprint density at radius 3 is 2.56 bits per heavy atom. The summed E-state index contributed by atoms with van der Waals surface area (Å²) in [6.07, 6.45) is 0. The van der Waals surface area contributed by atoms with Crippen molar-refractivity contribution >= 4 is 16.6 Å². The molecule has 3 aromatic rings. The molecule has 1 heterocycles. The van der Waals surface area contributed by atoms with Crippen molar-refractivity contribution in [3.63, 3.8) is 0 Å². The first-order chi connectivity index (χ1) is 8.81. The Labute approximate surface area is 105 Å². The van der Waals surface area contributed by atoms with Crippen LogP contribution in [-0.2, 0) is 0 Å². The summed E-state index contributed by atoms with van der Waals surface area (Å²) in [6.45, 7) is 0. The smallest absolute Gasteiger partial charge is 0.219 e. The van der Waals surface area contributed by atoms with E-state index in [0.717, 1.165) is 22.3 Å². The SMILES string of the molecule is Nc1ccc2nc(Oc3ccccc3)ccc2c1. The van der Waals surface area contributed by atoms with E-state index >= 15 is 0 Å². The maximum Gasteiger partial charge on any atom is 0.219 e. The predicted molar refractivity (Wildman–Crippen MR) is 72.7 cm³/mol. The van der Waals surface area contributed by atoms with Gasteiger partial charge < -0.3 is 10.5 Å². The largest absolute Gasteiger partial charge is 0.439 e. The predicted octanol–water partition coefficient (Wildman–Crippen LogP) is 3.61. The number of anilines is 1. The second-order valence-corrected chi connectivity index (χ2v) is 4.02. The Morgan fingerprint density at radius 1 is 0.889 bits per heavy atom. The molecule has 2 aromatic carbocycles. The van der Waals surface area contributed by atoms with Gasteiger partial charge >= 0.3 is 0 Å². The number of ether oxygens (including phenoxy) is 1. The number of nitrogens with zero attached hydrogens (tertiary/aromatic N) is 1. The fraction of sp³-hybridized carbons (Fsp3) is 0. The van der Waals surface area contributed by atoms with Gasteiger partial charge in [-0.25, -0.2) is 4.98 Å². The molecule has 0 saturated carbocycles. The van der Waals surface area contributed by atoms with Crippen molar-refractivity contribution in [2.75, 3.05) is 5.73 Å². The van der Waals surface area contributed by atoms with E-state index in [2.05, 4.69) is 4.98 Å². The summed E-state index contributed by atoms with van der Waals surface area (Å²) in [7, 11) is 0. The maximum atomic E-state index is 5.73. The van der Waals surface area contributed by atoms with Gasteiger partial charge in [0.15, 0.2) is 0 Å². The zero-order valence-electron chi connectivity index (χ0n) is 9.71. The Morgan fingerprint density at radius 2 is 1.72 bits per heavy atom. The third kappa shape index (κ3) is 2.11. The first-order valence-electron chi connectivity index (χ1n) is 5.70. The molecule has 3 rings (SSSR count). The highest BCUT2D eigenvalue weighted by Crippen LogP contribution is 2.23. The number of nitrogens with two attached hydrogens (primary N) is 1. The fourth-order valence-electron chi connectivity index (χ4n) is 1.79. The lowest BCUT2D eigenvalue weighted by molar-refractivity contribution is 0.465. The number of fused-ring (bicyclic) bond motifs is 1. The van der Waals surface area contributed by atoms with Crippen molar-refractivity contribution in [2.24, 2.45) is 0 Å². The van der Waals surface area contributed by atoms with Crippen LogP contribution >= 0.6 is 0 Å². The molecule has 0 aliphatic carbocycles. The van der Waals surface area contributed by atoms with Gasteiger partial charge in [-0.2, -0.15) is 0 Å². The van der Waals surface area contributed by atoms with Crippen LogP contribution in [-0.4, -0.2) is 4.98 Å². The summed E-state index contributed by atoms with van der Waals surface area (Å²) in [5.74, 6) is 1.36. The maximum absolute atomic E-state index is 5.73. The average Bonchev–Trinajstić information content (AvgIpc) is 2.40. The standard InChI is InChI=1S/C15H12N2O/c16-12-7-8-14-11(10-12)6-9-15(17-14)18-13-4-2-1-3-5-13/h1-10H,16H2. The lowest BCUT2D eigenvalue weighted by Crippen LogP contribution is -1.89. The van der Waals surface area contributed by atoms with Crippen LogP contribution in [0.2, 0.25) is 0 Å². The number of nitrogen functional groups attached to an aromatic ring is 1. The summed E-state index contributed by atoms with van der Waals surface area (Å²) in [5, 5.41) is 1.01. The zero-order valence-corrected chi connectivity index (χ0v) is 9.71. The second kappa shape index (κ2) is 4.37. The lowest BCUT2D eigenvalue weighted by atomic mass is 10.2. The van der Waals surface area contributed by atoms with Gasteiger partial charge in [-0.05, 0) is 36.4 Å². The number of hydrogen-bond acceptors (Lipinski definition) is 3. The number of para-hydroxylation sites is 1. The minimum atomic E-state index is 0.582. The van der Waals surface area contributed by atoms with Gasteiger partial charge in [0.25, 0.3) is 0 Å². The third-order valence-electron chi connectivity index (χ3n) is 2.65.